The van der Waals surface area contributed by atoms with Crippen molar-refractivity contribution < 1.29 is 9.53 Å². The summed E-state index contributed by atoms with van der Waals surface area (Å²) in [5, 5.41) is 0.544. The van der Waals surface area contributed by atoms with Gasteiger partial charge in [0.15, 0.2) is 5.16 Å². The maximum atomic E-state index is 11.9. The molecule has 0 aliphatic carbocycles. The molecule has 1 aliphatic heterocycles. The monoisotopic (exact) mass is 350 g/mol. The average Bonchev–Trinajstić information content (AvgIpc) is 3.20. The van der Waals surface area contributed by atoms with E-state index in [1.165, 1.54) is 11.8 Å². The Morgan fingerprint density at radius 2 is 1.68 bits per heavy atom. The molecule has 126 valence electrons. The molecule has 2 heterocycles. The second-order valence-corrected chi connectivity index (χ2v) is 7.28. The van der Waals surface area contributed by atoms with Crippen molar-refractivity contribution in [3.8, 4) is 22.5 Å². The number of rotatable bonds is 4. The zero-order valence-corrected chi connectivity index (χ0v) is 14.6. The lowest BCUT2D eigenvalue weighted by atomic mass is 10.1. The lowest BCUT2D eigenvalue weighted by Crippen LogP contribution is -2.09. The first-order valence-electron chi connectivity index (χ1n) is 8.28. The summed E-state index contributed by atoms with van der Waals surface area (Å²) in [6.07, 6.45) is 0.688. The van der Waals surface area contributed by atoms with Gasteiger partial charge in [0.2, 0.25) is 0 Å². The SMILES string of the molecule is C[C@H]1C[C@H](Sc2nc(-c3ccccc3)c(-c3ccccc3)[nH]2)C(=O)O1. The molecule has 0 radical (unpaired) electrons. The highest BCUT2D eigenvalue weighted by Crippen LogP contribution is 2.36. The van der Waals surface area contributed by atoms with Crippen LogP contribution in [0, 0.1) is 0 Å². The molecule has 1 N–H and O–H groups in total. The third-order valence-corrected chi connectivity index (χ3v) is 5.26. The summed E-state index contributed by atoms with van der Waals surface area (Å²) in [5.74, 6) is -0.156. The predicted molar refractivity (Wildman–Crippen MR) is 99.3 cm³/mol. The van der Waals surface area contributed by atoms with E-state index in [-0.39, 0.29) is 17.3 Å². The number of carbonyl (C=O) groups excluding carboxylic acids is 1. The number of aromatic nitrogens is 2. The van der Waals surface area contributed by atoms with Crippen LogP contribution in [-0.4, -0.2) is 27.3 Å². The lowest BCUT2D eigenvalue weighted by Gasteiger charge is -2.02. The summed E-state index contributed by atoms with van der Waals surface area (Å²) < 4.78 is 5.25. The highest BCUT2D eigenvalue weighted by atomic mass is 32.2. The first kappa shape index (κ1) is 16.0. The van der Waals surface area contributed by atoms with Crippen LogP contribution in [-0.2, 0) is 9.53 Å². The molecule has 4 rings (SSSR count). The smallest absolute Gasteiger partial charge is 0.319 e. The van der Waals surface area contributed by atoms with E-state index < -0.39 is 0 Å². The number of ether oxygens (including phenoxy) is 1. The van der Waals surface area contributed by atoms with Gasteiger partial charge in [-0.25, -0.2) is 4.98 Å². The second kappa shape index (κ2) is 6.76. The van der Waals surface area contributed by atoms with Crippen LogP contribution in [0.5, 0.6) is 0 Å². The van der Waals surface area contributed by atoms with Crippen LogP contribution in [0.2, 0.25) is 0 Å². The standard InChI is InChI=1S/C20H18N2O2S/c1-13-12-16(19(23)24-13)25-20-21-17(14-8-4-2-5-9-14)18(22-20)15-10-6-3-7-11-15/h2-11,13,16H,12H2,1H3,(H,21,22)/t13-,16-/m0/s1. The van der Waals surface area contributed by atoms with Gasteiger partial charge in [0.05, 0.1) is 11.4 Å². The molecule has 1 fully saturated rings. The van der Waals surface area contributed by atoms with Crippen molar-refractivity contribution in [2.75, 3.05) is 0 Å². The van der Waals surface area contributed by atoms with Crippen LogP contribution in [0.4, 0.5) is 0 Å². The molecule has 0 amide bonds. The molecular formula is C20H18N2O2S. The molecule has 1 saturated heterocycles. The summed E-state index contributed by atoms with van der Waals surface area (Å²) in [7, 11) is 0. The number of hydrogen-bond donors (Lipinski definition) is 1. The van der Waals surface area contributed by atoms with Gasteiger partial charge >= 0.3 is 5.97 Å². The van der Waals surface area contributed by atoms with Gasteiger partial charge in [-0.15, -0.1) is 0 Å². The number of esters is 1. The Morgan fingerprint density at radius 3 is 2.28 bits per heavy atom. The summed E-state index contributed by atoms with van der Waals surface area (Å²) in [6.45, 7) is 1.92. The van der Waals surface area contributed by atoms with Crippen LogP contribution in [0.25, 0.3) is 22.5 Å². The number of hydrogen-bond acceptors (Lipinski definition) is 4. The van der Waals surface area contributed by atoms with E-state index in [2.05, 4.69) is 17.1 Å². The zero-order chi connectivity index (χ0) is 17.2. The number of nitrogens with one attached hydrogen (secondary N) is 1. The van der Waals surface area contributed by atoms with Crippen molar-refractivity contribution in [1.29, 1.82) is 0 Å². The van der Waals surface area contributed by atoms with Crippen molar-refractivity contribution in [3.63, 3.8) is 0 Å². The number of thioether (sulfide) groups is 1. The molecule has 0 unspecified atom stereocenters. The molecule has 2 aromatic carbocycles. The normalized spacial score (nSPS) is 19.8. The maximum absolute atomic E-state index is 11.9. The number of carbonyl (C=O) groups is 1. The van der Waals surface area contributed by atoms with Crippen LogP contribution < -0.4 is 0 Å². The predicted octanol–water partition coefficient (Wildman–Crippen LogP) is 4.54. The average molecular weight is 350 g/mol. The summed E-state index contributed by atoms with van der Waals surface area (Å²) in [6, 6.07) is 20.2. The van der Waals surface area contributed by atoms with Gasteiger partial charge in [-0.05, 0) is 6.92 Å². The van der Waals surface area contributed by atoms with Gasteiger partial charge in [-0.2, -0.15) is 0 Å². The van der Waals surface area contributed by atoms with Crippen LogP contribution >= 0.6 is 11.8 Å². The molecule has 0 spiro atoms. The van der Waals surface area contributed by atoms with Gasteiger partial charge in [0, 0.05) is 17.5 Å². The third-order valence-electron chi connectivity index (χ3n) is 4.17. The Morgan fingerprint density at radius 1 is 1.04 bits per heavy atom. The topological polar surface area (TPSA) is 55.0 Å². The minimum Gasteiger partial charge on any atom is -0.462 e. The highest BCUT2D eigenvalue weighted by Gasteiger charge is 2.33. The Bertz CT molecular complexity index is 820. The summed E-state index contributed by atoms with van der Waals surface area (Å²) in [5.41, 5.74) is 3.98. The maximum Gasteiger partial charge on any atom is 0.319 e. The van der Waals surface area contributed by atoms with E-state index in [0.717, 1.165) is 27.7 Å². The number of cyclic esters (lactones) is 1. The fourth-order valence-electron chi connectivity index (χ4n) is 2.98. The van der Waals surface area contributed by atoms with Gasteiger partial charge in [-0.1, -0.05) is 72.4 Å². The molecule has 25 heavy (non-hydrogen) atoms. The second-order valence-electron chi connectivity index (χ2n) is 6.09. The van der Waals surface area contributed by atoms with E-state index >= 15 is 0 Å². The molecule has 0 saturated carbocycles. The van der Waals surface area contributed by atoms with E-state index in [1.807, 2.05) is 55.5 Å². The van der Waals surface area contributed by atoms with Crippen molar-refractivity contribution in [2.24, 2.45) is 0 Å². The molecule has 3 aromatic rings. The number of benzene rings is 2. The zero-order valence-electron chi connectivity index (χ0n) is 13.8. The molecule has 0 bridgehead atoms. The van der Waals surface area contributed by atoms with Crippen molar-refractivity contribution in [3.05, 3.63) is 60.7 Å². The van der Waals surface area contributed by atoms with E-state index in [9.17, 15) is 4.79 Å². The number of aromatic amines is 1. The van der Waals surface area contributed by atoms with E-state index in [1.54, 1.807) is 0 Å². The molecule has 2 atom stereocenters. The van der Waals surface area contributed by atoms with Crippen molar-refractivity contribution in [2.45, 2.75) is 29.9 Å². The first-order chi connectivity index (χ1) is 12.2. The highest BCUT2D eigenvalue weighted by molar-refractivity contribution is 8.00. The quantitative estimate of drug-likeness (QED) is 0.702. The Kier molecular flexibility index (Phi) is 4.32. The molecular weight excluding hydrogens is 332 g/mol. The summed E-state index contributed by atoms with van der Waals surface area (Å²) in [4.78, 5) is 20.1. The van der Waals surface area contributed by atoms with Crippen LogP contribution in [0.1, 0.15) is 13.3 Å². The molecule has 4 nitrogen and oxygen atoms in total. The summed E-state index contributed by atoms with van der Waals surface area (Å²) >= 11 is 1.45. The van der Waals surface area contributed by atoms with Gasteiger partial charge in [-0.3, -0.25) is 4.79 Å². The number of nitrogens with zero attached hydrogens (tertiary/aromatic N) is 1. The molecule has 1 aliphatic rings. The Labute approximate surface area is 150 Å². The van der Waals surface area contributed by atoms with Gasteiger partial charge < -0.3 is 9.72 Å². The fraction of sp³-hybridized carbons (Fsp3) is 0.200. The third kappa shape index (κ3) is 3.33. The lowest BCUT2D eigenvalue weighted by molar-refractivity contribution is -0.140. The van der Waals surface area contributed by atoms with Crippen molar-refractivity contribution >= 4 is 17.7 Å². The Hall–Kier alpha value is -2.53. The molecule has 5 heteroatoms. The largest absolute Gasteiger partial charge is 0.462 e. The van der Waals surface area contributed by atoms with E-state index in [4.69, 9.17) is 9.72 Å². The number of H-pyrrole nitrogens is 1. The first-order valence-corrected chi connectivity index (χ1v) is 9.16. The van der Waals surface area contributed by atoms with Crippen molar-refractivity contribution in [1.82, 2.24) is 9.97 Å². The van der Waals surface area contributed by atoms with Crippen LogP contribution in [0.15, 0.2) is 65.8 Å². The molecule has 1 aromatic heterocycles. The Balaban J connectivity index is 1.72. The van der Waals surface area contributed by atoms with Gasteiger partial charge in [0.25, 0.3) is 0 Å². The minimum absolute atomic E-state index is 0.0258. The van der Waals surface area contributed by atoms with Crippen LogP contribution in [0.3, 0.4) is 0 Å². The van der Waals surface area contributed by atoms with Gasteiger partial charge in [0.1, 0.15) is 11.4 Å². The fourth-order valence-corrected chi connectivity index (χ4v) is 4.07. The minimum atomic E-state index is -0.201. The van der Waals surface area contributed by atoms with E-state index in [0.29, 0.717) is 6.42 Å². The number of imidazole rings is 1.